The van der Waals surface area contributed by atoms with E-state index in [-0.39, 0.29) is 18.0 Å². The number of aliphatic carboxylic acids is 1. The molecule has 0 saturated heterocycles. The van der Waals surface area contributed by atoms with Crippen LogP contribution in [0.3, 0.4) is 0 Å². The van der Waals surface area contributed by atoms with Gasteiger partial charge < -0.3 is 10.4 Å². The topological polar surface area (TPSA) is 91.3 Å². The fourth-order valence-electron chi connectivity index (χ4n) is 1.37. The third kappa shape index (κ3) is 6.76. The molecule has 0 radical (unpaired) electrons. The summed E-state index contributed by atoms with van der Waals surface area (Å²) in [6.07, 6.45) is 1.28. The van der Waals surface area contributed by atoms with Crippen LogP contribution in [0.1, 0.15) is 39.3 Å². The molecule has 0 bridgehead atoms. The van der Waals surface area contributed by atoms with Crippen LogP contribution in [-0.2, 0) is 11.2 Å². The Morgan fingerprint density at radius 1 is 1.42 bits per heavy atom. The Hall–Kier alpha value is -1.63. The molecule has 0 saturated carbocycles. The Kier molecular flexibility index (Phi) is 5.29. The summed E-state index contributed by atoms with van der Waals surface area (Å²) in [6, 6.07) is -0.293. The van der Waals surface area contributed by atoms with E-state index in [1.54, 1.807) is 0 Å². The quantitative estimate of drug-likeness (QED) is 0.775. The van der Waals surface area contributed by atoms with Gasteiger partial charge in [-0.2, -0.15) is 0 Å². The van der Waals surface area contributed by atoms with Gasteiger partial charge in [-0.3, -0.25) is 10.1 Å². The Labute approximate surface area is 116 Å². The second-order valence-electron chi connectivity index (χ2n) is 5.22. The first-order valence-electron chi connectivity index (χ1n) is 6.01. The Balaban J connectivity index is 2.42. The fraction of sp³-hybridized carbons (Fsp3) is 0.583. The van der Waals surface area contributed by atoms with Crippen LogP contribution in [-0.4, -0.2) is 27.6 Å². The number of nitrogens with zero attached hydrogens (tertiary/aromatic N) is 1. The van der Waals surface area contributed by atoms with Crippen molar-refractivity contribution in [1.82, 2.24) is 10.3 Å². The van der Waals surface area contributed by atoms with Crippen LogP contribution in [0.5, 0.6) is 0 Å². The fourth-order valence-corrected chi connectivity index (χ4v) is 2.11. The molecule has 0 spiro atoms. The molecular weight excluding hydrogens is 266 g/mol. The first-order chi connectivity index (χ1) is 8.76. The zero-order valence-electron chi connectivity index (χ0n) is 11.3. The molecule has 3 N–H and O–H groups in total. The molecule has 1 rings (SSSR count). The molecule has 1 heterocycles. The summed E-state index contributed by atoms with van der Waals surface area (Å²) >= 11 is 1.33. The van der Waals surface area contributed by atoms with Gasteiger partial charge in [0.05, 0.1) is 5.69 Å². The third-order valence-electron chi connectivity index (χ3n) is 2.08. The number of amides is 2. The number of carboxylic acids is 1. The number of carbonyl (C=O) groups excluding carboxylic acids is 1. The van der Waals surface area contributed by atoms with Gasteiger partial charge >= 0.3 is 12.0 Å². The van der Waals surface area contributed by atoms with Crippen molar-refractivity contribution in [2.75, 3.05) is 5.32 Å². The highest BCUT2D eigenvalue weighted by Crippen LogP contribution is 2.17. The van der Waals surface area contributed by atoms with Crippen LogP contribution in [0.4, 0.5) is 9.93 Å². The third-order valence-corrected chi connectivity index (χ3v) is 2.89. The number of carboxylic acid groups (broad SMARTS) is 1. The highest BCUT2D eigenvalue weighted by atomic mass is 32.1. The van der Waals surface area contributed by atoms with Gasteiger partial charge in [-0.25, -0.2) is 9.78 Å². The van der Waals surface area contributed by atoms with Gasteiger partial charge in [0.2, 0.25) is 0 Å². The summed E-state index contributed by atoms with van der Waals surface area (Å²) in [7, 11) is 0. The summed E-state index contributed by atoms with van der Waals surface area (Å²) in [4.78, 5) is 26.2. The van der Waals surface area contributed by atoms with Crippen molar-refractivity contribution in [1.29, 1.82) is 0 Å². The number of hydrogen-bond acceptors (Lipinski definition) is 4. The van der Waals surface area contributed by atoms with E-state index < -0.39 is 5.97 Å². The lowest BCUT2D eigenvalue weighted by molar-refractivity contribution is -0.137. The molecular formula is C12H19N3O3S. The van der Waals surface area contributed by atoms with Gasteiger partial charge in [-0.05, 0) is 33.6 Å². The summed E-state index contributed by atoms with van der Waals surface area (Å²) in [5.74, 6) is -0.807. The Morgan fingerprint density at radius 3 is 2.68 bits per heavy atom. The summed E-state index contributed by atoms with van der Waals surface area (Å²) in [5, 5.41) is 16.3. The van der Waals surface area contributed by atoms with Crippen molar-refractivity contribution in [3.63, 3.8) is 0 Å². The van der Waals surface area contributed by atoms with E-state index in [1.807, 2.05) is 26.2 Å². The smallest absolute Gasteiger partial charge is 0.321 e. The van der Waals surface area contributed by atoms with Crippen molar-refractivity contribution in [2.24, 2.45) is 0 Å². The van der Waals surface area contributed by atoms with Crippen LogP contribution < -0.4 is 10.6 Å². The summed E-state index contributed by atoms with van der Waals surface area (Å²) < 4.78 is 0. The lowest BCUT2D eigenvalue weighted by Crippen LogP contribution is -2.43. The molecule has 0 aliphatic heterocycles. The lowest BCUT2D eigenvalue weighted by Gasteiger charge is -2.20. The number of thiazole rings is 1. The molecule has 106 valence electrons. The molecule has 0 aromatic carbocycles. The van der Waals surface area contributed by atoms with E-state index in [1.165, 1.54) is 11.3 Å². The molecule has 0 aliphatic rings. The highest BCUT2D eigenvalue weighted by Gasteiger charge is 2.14. The molecule has 1 aromatic heterocycles. The Morgan fingerprint density at radius 2 is 2.11 bits per heavy atom. The van der Waals surface area contributed by atoms with Gasteiger partial charge in [0.1, 0.15) is 0 Å². The van der Waals surface area contributed by atoms with E-state index in [0.29, 0.717) is 18.0 Å². The van der Waals surface area contributed by atoms with E-state index in [0.717, 1.165) is 5.69 Å². The highest BCUT2D eigenvalue weighted by molar-refractivity contribution is 7.13. The number of aromatic nitrogens is 1. The number of hydrogen-bond donors (Lipinski definition) is 3. The predicted molar refractivity (Wildman–Crippen MR) is 74.6 cm³/mol. The predicted octanol–water partition coefficient (Wildman–Crippen LogP) is 2.47. The average Bonchev–Trinajstić information content (AvgIpc) is 2.61. The lowest BCUT2D eigenvalue weighted by atomic mass is 10.1. The second-order valence-corrected chi connectivity index (χ2v) is 6.08. The standard InChI is InChI=1S/C12H19N3O3S/c1-12(2,3)15-10(18)14-11-13-8(7-19-11)5-4-6-9(16)17/h7H,4-6H2,1-3H3,(H,16,17)(H2,13,14,15,18). The van der Waals surface area contributed by atoms with Crippen molar-refractivity contribution in [3.8, 4) is 0 Å². The van der Waals surface area contributed by atoms with E-state index in [9.17, 15) is 9.59 Å². The van der Waals surface area contributed by atoms with Gasteiger partial charge in [0.25, 0.3) is 0 Å². The first-order valence-corrected chi connectivity index (χ1v) is 6.89. The molecule has 0 unspecified atom stereocenters. The minimum absolute atomic E-state index is 0.130. The van der Waals surface area contributed by atoms with E-state index in [2.05, 4.69) is 15.6 Å². The SMILES string of the molecule is CC(C)(C)NC(=O)Nc1nc(CCCC(=O)O)cs1. The molecule has 19 heavy (non-hydrogen) atoms. The number of rotatable bonds is 5. The average molecular weight is 285 g/mol. The zero-order valence-corrected chi connectivity index (χ0v) is 12.1. The molecule has 2 amide bonds. The summed E-state index contributed by atoms with van der Waals surface area (Å²) in [6.45, 7) is 5.68. The normalized spacial score (nSPS) is 11.1. The first kappa shape index (κ1) is 15.4. The maximum atomic E-state index is 11.6. The zero-order chi connectivity index (χ0) is 14.5. The van der Waals surface area contributed by atoms with Crippen LogP contribution in [0.25, 0.3) is 0 Å². The number of anilines is 1. The Bertz CT molecular complexity index is 451. The van der Waals surface area contributed by atoms with Crippen LogP contribution in [0, 0.1) is 0 Å². The number of aryl methyl sites for hydroxylation is 1. The van der Waals surface area contributed by atoms with E-state index >= 15 is 0 Å². The van der Waals surface area contributed by atoms with Crippen LogP contribution in [0.2, 0.25) is 0 Å². The van der Waals surface area contributed by atoms with Gasteiger partial charge in [0.15, 0.2) is 5.13 Å². The van der Waals surface area contributed by atoms with Gasteiger partial charge in [-0.15, -0.1) is 11.3 Å². The largest absolute Gasteiger partial charge is 0.481 e. The van der Waals surface area contributed by atoms with Crippen molar-refractivity contribution in [2.45, 2.75) is 45.6 Å². The van der Waals surface area contributed by atoms with Crippen molar-refractivity contribution < 1.29 is 14.7 Å². The molecule has 0 fully saturated rings. The number of carbonyl (C=O) groups is 2. The molecule has 6 nitrogen and oxygen atoms in total. The van der Waals surface area contributed by atoms with Gasteiger partial charge in [-0.1, -0.05) is 0 Å². The van der Waals surface area contributed by atoms with Crippen LogP contribution in [0.15, 0.2) is 5.38 Å². The molecule has 1 aromatic rings. The van der Waals surface area contributed by atoms with Crippen molar-refractivity contribution in [3.05, 3.63) is 11.1 Å². The molecule has 7 heteroatoms. The van der Waals surface area contributed by atoms with Crippen LogP contribution >= 0.6 is 11.3 Å². The van der Waals surface area contributed by atoms with Gasteiger partial charge in [0, 0.05) is 17.3 Å². The number of nitrogens with one attached hydrogen (secondary N) is 2. The molecule has 0 aliphatic carbocycles. The second kappa shape index (κ2) is 6.51. The maximum Gasteiger partial charge on any atom is 0.321 e. The number of urea groups is 1. The van der Waals surface area contributed by atoms with E-state index in [4.69, 9.17) is 5.11 Å². The molecule has 0 atom stereocenters. The summed E-state index contributed by atoms with van der Waals surface area (Å²) in [5.41, 5.74) is 0.503. The van der Waals surface area contributed by atoms with Crippen molar-refractivity contribution >= 4 is 28.5 Å². The maximum absolute atomic E-state index is 11.6. The minimum Gasteiger partial charge on any atom is -0.481 e. The monoisotopic (exact) mass is 285 g/mol. The minimum atomic E-state index is -0.807.